The summed E-state index contributed by atoms with van der Waals surface area (Å²) in [5.41, 5.74) is -0.00976. The third-order valence-electron chi connectivity index (χ3n) is 3.89. The SMILES string of the molecule is CC(C)NC(=O)C(C)OC1COC2(CCNCC2)C1. The minimum atomic E-state index is -0.409. The molecule has 2 N–H and O–H groups in total. The molecule has 0 aromatic heterocycles. The molecule has 2 unspecified atom stereocenters. The number of hydrogen-bond donors (Lipinski definition) is 2. The molecule has 2 aliphatic rings. The number of carbonyl (C=O) groups is 1. The quantitative estimate of drug-likeness (QED) is 0.794. The summed E-state index contributed by atoms with van der Waals surface area (Å²) in [6, 6.07) is 0.147. The van der Waals surface area contributed by atoms with Gasteiger partial charge in [-0.1, -0.05) is 0 Å². The smallest absolute Gasteiger partial charge is 0.249 e. The van der Waals surface area contributed by atoms with Crippen LogP contribution < -0.4 is 10.6 Å². The Morgan fingerprint density at radius 1 is 1.37 bits per heavy atom. The van der Waals surface area contributed by atoms with Crippen LogP contribution in [0.25, 0.3) is 0 Å². The summed E-state index contributed by atoms with van der Waals surface area (Å²) in [5, 5.41) is 6.22. The molecular formula is C14H26N2O3. The number of nitrogens with one attached hydrogen (secondary N) is 2. The van der Waals surface area contributed by atoms with Gasteiger partial charge in [0.05, 0.1) is 18.3 Å². The number of piperidine rings is 1. The topological polar surface area (TPSA) is 59.6 Å². The molecule has 0 bridgehead atoms. The molecule has 0 aromatic rings. The lowest BCUT2D eigenvalue weighted by Gasteiger charge is -2.32. The van der Waals surface area contributed by atoms with E-state index in [0.29, 0.717) is 6.61 Å². The zero-order valence-corrected chi connectivity index (χ0v) is 12.2. The fraction of sp³-hybridized carbons (Fsp3) is 0.929. The summed E-state index contributed by atoms with van der Waals surface area (Å²) in [7, 11) is 0. The van der Waals surface area contributed by atoms with Crippen LogP contribution in [0.15, 0.2) is 0 Å². The second kappa shape index (κ2) is 6.20. The Balaban J connectivity index is 1.79. The molecule has 0 aromatic carbocycles. The van der Waals surface area contributed by atoms with Gasteiger partial charge in [0.25, 0.3) is 0 Å². The van der Waals surface area contributed by atoms with E-state index in [1.807, 2.05) is 20.8 Å². The largest absolute Gasteiger partial charge is 0.372 e. The Morgan fingerprint density at radius 3 is 2.68 bits per heavy atom. The van der Waals surface area contributed by atoms with Gasteiger partial charge in [0.2, 0.25) is 5.91 Å². The van der Waals surface area contributed by atoms with E-state index in [9.17, 15) is 4.79 Å². The van der Waals surface area contributed by atoms with Gasteiger partial charge in [-0.3, -0.25) is 4.79 Å². The van der Waals surface area contributed by atoms with E-state index >= 15 is 0 Å². The van der Waals surface area contributed by atoms with Crippen LogP contribution in [0, 0.1) is 0 Å². The van der Waals surface area contributed by atoms with Crippen molar-refractivity contribution in [3.8, 4) is 0 Å². The first-order chi connectivity index (χ1) is 9.01. The van der Waals surface area contributed by atoms with Crippen molar-refractivity contribution in [3.05, 3.63) is 0 Å². The molecule has 2 rings (SSSR count). The van der Waals surface area contributed by atoms with E-state index in [1.165, 1.54) is 0 Å². The monoisotopic (exact) mass is 270 g/mol. The summed E-state index contributed by atoms with van der Waals surface area (Å²) >= 11 is 0. The maximum absolute atomic E-state index is 11.8. The van der Waals surface area contributed by atoms with Crippen molar-refractivity contribution in [2.75, 3.05) is 19.7 Å². The van der Waals surface area contributed by atoms with Gasteiger partial charge < -0.3 is 20.1 Å². The van der Waals surface area contributed by atoms with Crippen molar-refractivity contribution < 1.29 is 14.3 Å². The first-order valence-corrected chi connectivity index (χ1v) is 7.31. The predicted octanol–water partition coefficient (Wildman–Crippen LogP) is 0.827. The molecule has 5 nitrogen and oxygen atoms in total. The van der Waals surface area contributed by atoms with Gasteiger partial charge in [-0.15, -0.1) is 0 Å². The van der Waals surface area contributed by atoms with E-state index in [-0.39, 0.29) is 23.7 Å². The predicted molar refractivity (Wildman–Crippen MR) is 73.0 cm³/mol. The highest BCUT2D eigenvalue weighted by Crippen LogP contribution is 2.35. The molecular weight excluding hydrogens is 244 g/mol. The third kappa shape index (κ3) is 3.91. The lowest BCUT2D eigenvalue weighted by molar-refractivity contribution is -0.135. The molecule has 2 aliphatic heterocycles. The van der Waals surface area contributed by atoms with Gasteiger partial charge in [0, 0.05) is 12.5 Å². The highest BCUT2D eigenvalue weighted by Gasteiger charge is 2.42. The number of ether oxygens (including phenoxy) is 2. The Bertz CT molecular complexity index is 314. The highest BCUT2D eigenvalue weighted by atomic mass is 16.6. The van der Waals surface area contributed by atoms with Crippen LogP contribution in [0.5, 0.6) is 0 Å². The van der Waals surface area contributed by atoms with Crippen LogP contribution in [0.4, 0.5) is 0 Å². The fourth-order valence-electron chi connectivity index (χ4n) is 2.87. The second-order valence-corrected chi connectivity index (χ2v) is 6.01. The summed E-state index contributed by atoms with van der Waals surface area (Å²) in [6.45, 7) is 8.34. The van der Waals surface area contributed by atoms with Crippen LogP contribution >= 0.6 is 0 Å². The van der Waals surface area contributed by atoms with Crippen molar-refractivity contribution >= 4 is 5.91 Å². The molecule has 0 radical (unpaired) electrons. The summed E-state index contributed by atoms with van der Waals surface area (Å²) in [6.07, 6.45) is 2.63. The van der Waals surface area contributed by atoms with E-state index in [4.69, 9.17) is 9.47 Å². The Hall–Kier alpha value is -0.650. The Labute approximate surface area is 115 Å². The lowest BCUT2D eigenvalue weighted by atomic mass is 9.89. The molecule has 1 spiro atoms. The molecule has 2 atom stereocenters. The van der Waals surface area contributed by atoms with Gasteiger partial charge in [0.15, 0.2) is 0 Å². The Kier molecular flexibility index (Phi) is 4.81. The maximum Gasteiger partial charge on any atom is 0.249 e. The van der Waals surface area contributed by atoms with E-state index in [2.05, 4.69) is 10.6 Å². The highest BCUT2D eigenvalue weighted by molar-refractivity contribution is 5.80. The summed E-state index contributed by atoms with van der Waals surface area (Å²) in [5.74, 6) is -0.0405. The normalized spacial score (nSPS) is 27.7. The van der Waals surface area contributed by atoms with Crippen LogP contribution in [-0.2, 0) is 14.3 Å². The molecule has 2 heterocycles. The lowest BCUT2D eigenvalue weighted by Crippen LogP contribution is -2.42. The van der Waals surface area contributed by atoms with Crippen LogP contribution in [-0.4, -0.2) is 49.5 Å². The van der Waals surface area contributed by atoms with E-state index < -0.39 is 6.10 Å². The second-order valence-electron chi connectivity index (χ2n) is 6.01. The molecule has 5 heteroatoms. The first kappa shape index (κ1) is 14.8. The molecule has 1 amide bonds. The zero-order valence-electron chi connectivity index (χ0n) is 12.2. The third-order valence-corrected chi connectivity index (χ3v) is 3.89. The van der Waals surface area contributed by atoms with Crippen molar-refractivity contribution in [1.82, 2.24) is 10.6 Å². The minimum absolute atomic E-state index is 0.00976. The van der Waals surface area contributed by atoms with Crippen molar-refractivity contribution in [2.45, 2.75) is 63.9 Å². The first-order valence-electron chi connectivity index (χ1n) is 7.31. The standard InChI is InChI=1S/C14H26N2O3/c1-10(2)16-13(17)11(3)19-12-8-14(18-9-12)4-6-15-7-5-14/h10-12,15H,4-9H2,1-3H3,(H,16,17). The molecule has 110 valence electrons. The van der Waals surface area contributed by atoms with E-state index in [0.717, 1.165) is 32.4 Å². The van der Waals surface area contributed by atoms with Crippen molar-refractivity contribution in [2.24, 2.45) is 0 Å². The summed E-state index contributed by atoms with van der Waals surface area (Å²) in [4.78, 5) is 11.8. The van der Waals surface area contributed by atoms with E-state index in [1.54, 1.807) is 0 Å². The van der Waals surface area contributed by atoms with Gasteiger partial charge in [0.1, 0.15) is 6.10 Å². The fourth-order valence-corrected chi connectivity index (χ4v) is 2.87. The summed E-state index contributed by atoms with van der Waals surface area (Å²) < 4.78 is 11.8. The average molecular weight is 270 g/mol. The molecule has 19 heavy (non-hydrogen) atoms. The molecule has 2 fully saturated rings. The van der Waals surface area contributed by atoms with Gasteiger partial charge in [-0.05, 0) is 46.7 Å². The number of rotatable bonds is 4. The molecule has 0 aliphatic carbocycles. The Morgan fingerprint density at radius 2 is 2.05 bits per heavy atom. The van der Waals surface area contributed by atoms with Crippen LogP contribution in [0.2, 0.25) is 0 Å². The number of amides is 1. The zero-order chi connectivity index (χ0) is 13.9. The van der Waals surface area contributed by atoms with Gasteiger partial charge in [-0.2, -0.15) is 0 Å². The molecule has 0 saturated carbocycles. The van der Waals surface area contributed by atoms with Crippen molar-refractivity contribution in [1.29, 1.82) is 0 Å². The maximum atomic E-state index is 11.8. The molecule has 2 saturated heterocycles. The minimum Gasteiger partial charge on any atom is -0.372 e. The van der Waals surface area contributed by atoms with Crippen LogP contribution in [0.3, 0.4) is 0 Å². The number of carbonyl (C=O) groups excluding carboxylic acids is 1. The van der Waals surface area contributed by atoms with Gasteiger partial charge >= 0.3 is 0 Å². The van der Waals surface area contributed by atoms with Crippen LogP contribution in [0.1, 0.15) is 40.0 Å². The number of hydrogen-bond acceptors (Lipinski definition) is 4. The average Bonchev–Trinajstić information content (AvgIpc) is 2.72. The van der Waals surface area contributed by atoms with Crippen molar-refractivity contribution in [3.63, 3.8) is 0 Å². The van der Waals surface area contributed by atoms with Gasteiger partial charge in [-0.25, -0.2) is 0 Å².